The summed E-state index contributed by atoms with van der Waals surface area (Å²) in [6.07, 6.45) is 5.26. The van der Waals surface area contributed by atoms with Gasteiger partial charge in [0.1, 0.15) is 12.6 Å². The summed E-state index contributed by atoms with van der Waals surface area (Å²) >= 11 is 0. The van der Waals surface area contributed by atoms with Crippen LogP contribution >= 0.6 is 0 Å². The zero-order chi connectivity index (χ0) is 25.2. The number of para-hydroxylation sites is 1. The van der Waals surface area contributed by atoms with E-state index in [4.69, 9.17) is 5.73 Å². The van der Waals surface area contributed by atoms with E-state index in [1.165, 1.54) is 0 Å². The molecule has 0 unspecified atom stereocenters. The number of carbonyl (C=O) groups is 2. The van der Waals surface area contributed by atoms with Gasteiger partial charge in [0.25, 0.3) is 0 Å². The van der Waals surface area contributed by atoms with E-state index >= 15 is 0 Å². The fourth-order valence-electron chi connectivity index (χ4n) is 5.16. The maximum atomic E-state index is 12.9. The fourth-order valence-corrected chi connectivity index (χ4v) is 5.16. The standard InChI is InChI=1S/C26H32N8O2/c1-18-14-19(2)34(30-18)17-24(35)32-12-10-31(11-13-32)22-7-4-3-6-21(22)20-15-28-26(29-16-20)33-9-5-8-23(33)25(27)36/h3-4,6-7,14-16,23H,5,8-13,17H2,1-2H3,(H2,27,36)/t23-/m1/s1. The molecular weight excluding hydrogens is 456 g/mol. The Morgan fingerprint density at radius 3 is 2.42 bits per heavy atom. The van der Waals surface area contributed by atoms with Gasteiger partial charge in [-0.15, -0.1) is 0 Å². The van der Waals surface area contributed by atoms with Gasteiger partial charge < -0.3 is 20.4 Å². The van der Waals surface area contributed by atoms with Crippen LogP contribution in [0.4, 0.5) is 11.6 Å². The van der Waals surface area contributed by atoms with Crippen molar-refractivity contribution in [3.8, 4) is 11.1 Å². The Labute approximate surface area is 210 Å². The highest BCUT2D eigenvalue weighted by molar-refractivity contribution is 5.84. The number of nitrogens with two attached hydrogens (primary N) is 1. The predicted octanol–water partition coefficient (Wildman–Crippen LogP) is 1.76. The van der Waals surface area contributed by atoms with Crippen LogP contribution in [0.25, 0.3) is 11.1 Å². The molecule has 4 heterocycles. The molecule has 2 amide bonds. The van der Waals surface area contributed by atoms with E-state index in [-0.39, 0.29) is 24.4 Å². The first-order valence-electron chi connectivity index (χ1n) is 12.4. The summed E-state index contributed by atoms with van der Waals surface area (Å²) < 4.78 is 1.77. The van der Waals surface area contributed by atoms with Crippen molar-refractivity contribution in [2.75, 3.05) is 42.5 Å². The van der Waals surface area contributed by atoms with Gasteiger partial charge in [0.05, 0.1) is 5.69 Å². The molecule has 1 atom stereocenters. The average Bonchev–Trinajstić information content (AvgIpc) is 3.50. The second kappa shape index (κ2) is 9.96. The number of carbonyl (C=O) groups excluding carboxylic acids is 2. The Bertz CT molecular complexity index is 1250. The summed E-state index contributed by atoms with van der Waals surface area (Å²) in [5.74, 6) is 0.291. The van der Waals surface area contributed by atoms with E-state index in [0.717, 1.165) is 60.7 Å². The second-order valence-electron chi connectivity index (χ2n) is 9.50. The van der Waals surface area contributed by atoms with Crippen LogP contribution in [0.5, 0.6) is 0 Å². The Hall–Kier alpha value is -3.95. The third-order valence-corrected chi connectivity index (χ3v) is 7.05. The van der Waals surface area contributed by atoms with Crippen LogP contribution in [-0.4, -0.2) is 75.2 Å². The lowest BCUT2D eigenvalue weighted by molar-refractivity contribution is -0.132. The summed E-state index contributed by atoms with van der Waals surface area (Å²) in [6, 6.07) is 9.83. The van der Waals surface area contributed by atoms with Crippen molar-refractivity contribution < 1.29 is 9.59 Å². The second-order valence-corrected chi connectivity index (χ2v) is 9.50. The Morgan fingerprint density at radius 2 is 1.75 bits per heavy atom. The molecule has 2 fully saturated rings. The summed E-state index contributed by atoms with van der Waals surface area (Å²) in [7, 11) is 0. The molecule has 2 aliphatic rings. The minimum absolute atomic E-state index is 0.0919. The molecular formula is C26H32N8O2. The summed E-state index contributed by atoms with van der Waals surface area (Å²) in [4.78, 5) is 39.9. The predicted molar refractivity (Wildman–Crippen MR) is 138 cm³/mol. The topological polar surface area (TPSA) is 113 Å². The van der Waals surface area contributed by atoms with Crippen molar-refractivity contribution in [2.45, 2.75) is 39.3 Å². The van der Waals surface area contributed by atoms with Crippen LogP contribution in [0.1, 0.15) is 24.2 Å². The maximum Gasteiger partial charge on any atom is 0.244 e. The van der Waals surface area contributed by atoms with Crippen LogP contribution < -0.4 is 15.5 Å². The van der Waals surface area contributed by atoms with E-state index in [1.54, 1.807) is 4.68 Å². The van der Waals surface area contributed by atoms with E-state index in [1.807, 2.05) is 54.2 Å². The fraction of sp³-hybridized carbons (Fsp3) is 0.423. The van der Waals surface area contributed by atoms with E-state index in [0.29, 0.717) is 19.0 Å². The normalized spacial score (nSPS) is 18.1. The highest BCUT2D eigenvalue weighted by Crippen LogP contribution is 2.32. The SMILES string of the molecule is Cc1cc(C)n(CC(=O)N2CCN(c3ccccc3-c3cnc(N4CCC[C@@H]4C(N)=O)nc3)CC2)n1. The molecule has 36 heavy (non-hydrogen) atoms. The van der Waals surface area contributed by atoms with E-state index in [9.17, 15) is 9.59 Å². The van der Waals surface area contributed by atoms with Crippen LogP contribution in [0.15, 0.2) is 42.7 Å². The van der Waals surface area contributed by atoms with Gasteiger partial charge in [0, 0.05) is 67.6 Å². The summed E-state index contributed by atoms with van der Waals surface area (Å²) in [5, 5.41) is 4.42. The third-order valence-electron chi connectivity index (χ3n) is 7.05. The van der Waals surface area contributed by atoms with E-state index in [2.05, 4.69) is 32.1 Å². The number of hydrogen-bond donors (Lipinski definition) is 1. The van der Waals surface area contributed by atoms with Crippen molar-refractivity contribution in [3.63, 3.8) is 0 Å². The summed E-state index contributed by atoms with van der Waals surface area (Å²) in [6.45, 7) is 7.71. The van der Waals surface area contributed by atoms with Gasteiger partial charge in [0.15, 0.2) is 0 Å². The number of piperazine rings is 1. The number of anilines is 2. The van der Waals surface area contributed by atoms with Gasteiger partial charge in [-0.25, -0.2) is 9.97 Å². The van der Waals surface area contributed by atoms with Gasteiger partial charge in [-0.3, -0.25) is 14.3 Å². The van der Waals surface area contributed by atoms with Crippen molar-refractivity contribution in [1.29, 1.82) is 0 Å². The van der Waals surface area contributed by atoms with Gasteiger partial charge in [-0.1, -0.05) is 18.2 Å². The molecule has 0 spiro atoms. The smallest absolute Gasteiger partial charge is 0.244 e. The molecule has 1 aromatic carbocycles. The molecule has 0 radical (unpaired) electrons. The third kappa shape index (κ3) is 4.75. The van der Waals surface area contributed by atoms with Gasteiger partial charge in [0.2, 0.25) is 17.8 Å². The van der Waals surface area contributed by atoms with Gasteiger partial charge >= 0.3 is 0 Å². The van der Waals surface area contributed by atoms with Crippen LogP contribution in [0.2, 0.25) is 0 Å². The minimum Gasteiger partial charge on any atom is -0.368 e. The number of aromatic nitrogens is 4. The molecule has 2 saturated heterocycles. The largest absolute Gasteiger partial charge is 0.368 e. The van der Waals surface area contributed by atoms with Crippen LogP contribution in [-0.2, 0) is 16.1 Å². The van der Waals surface area contributed by atoms with Gasteiger partial charge in [-0.2, -0.15) is 5.10 Å². The number of nitrogens with zero attached hydrogens (tertiary/aromatic N) is 7. The first kappa shape index (κ1) is 23.8. The van der Waals surface area contributed by atoms with Crippen molar-refractivity contribution in [1.82, 2.24) is 24.6 Å². The number of rotatable bonds is 6. The molecule has 5 rings (SSSR count). The minimum atomic E-state index is -0.344. The molecule has 0 saturated carbocycles. The molecule has 2 N–H and O–H groups in total. The lowest BCUT2D eigenvalue weighted by atomic mass is 10.1. The zero-order valence-corrected chi connectivity index (χ0v) is 20.8. The monoisotopic (exact) mass is 488 g/mol. The molecule has 188 valence electrons. The van der Waals surface area contributed by atoms with Gasteiger partial charge in [-0.05, 0) is 38.8 Å². The number of benzene rings is 1. The highest BCUT2D eigenvalue weighted by atomic mass is 16.2. The van der Waals surface area contributed by atoms with Crippen molar-refractivity contribution >= 4 is 23.5 Å². The van der Waals surface area contributed by atoms with Crippen LogP contribution in [0, 0.1) is 13.8 Å². The Kier molecular flexibility index (Phi) is 6.58. The summed E-state index contributed by atoms with van der Waals surface area (Å²) in [5.41, 5.74) is 10.5. The van der Waals surface area contributed by atoms with Crippen molar-refractivity contribution in [2.24, 2.45) is 5.73 Å². The van der Waals surface area contributed by atoms with Crippen LogP contribution in [0.3, 0.4) is 0 Å². The van der Waals surface area contributed by atoms with E-state index < -0.39 is 0 Å². The number of hydrogen-bond acceptors (Lipinski definition) is 7. The molecule has 2 aliphatic heterocycles. The lowest BCUT2D eigenvalue weighted by Gasteiger charge is -2.37. The Balaban J connectivity index is 1.27. The highest BCUT2D eigenvalue weighted by Gasteiger charge is 2.31. The molecule has 3 aromatic rings. The molecule has 2 aromatic heterocycles. The molecule has 0 bridgehead atoms. The molecule has 10 nitrogen and oxygen atoms in total. The molecule has 0 aliphatic carbocycles. The first-order valence-corrected chi connectivity index (χ1v) is 12.4. The maximum absolute atomic E-state index is 12.9. The Morgan fingerprint density at radius 1 is 1.03 bits per heavy atom. The molecule has 10 heteroatoms. The zero-order valence-electron chi connectivity index (χ0n) is 20.8. The lowest BCUT2D eigenvalue weighted by Crippen LogP contribution is -2.49. The average molecular weight is 489 g/mol. The number of primary amides is 1. The number of aryl methyl sites for hydroxylation is 2. The number of amides is 2. The first-order chi connectivity index (χ1) is 17.4. The van der Waals surface area contributed by atoms with Crippen molar-refractivity contribution in [3.05, 3.63) is 54.1 Å². The quantitative estimate of drug-likeness (QED) is 0.562.